The topological polar surface area (TPSA) is 68.1 Å². The van der Waals surface area contributed by atoms with Crippen LogP contribution in [-0.2, 0) is 11.3 Å². The predicted molar refractivity (Wildman–Crippen MR) is 57.7 cm³/mol. The van der Waals surface area contributed by atoms with E-state index in [0.717, 1.165) is 26.1 Å². The van der Waals surface area contributed by atoms with Crippen LogP contribution >= 0.6 is 0 Å². The number of nitrogens with one attached hydrogen (secondary N) is 1. The Morgan fingerprint density at radius 1 is 1.47 bits per heavy atom. The van der Waals surface area contributed by atoms with Crippen LogP contribution in [0.25, 0.3) is 0 Å². The lowest BCUT2D eigenvalue weighted by molar-refractivity contribution is 0.0852. The smallest absolute Gasteiger partial charge is 0.252 e. The van der Waals surface area contributed by atoms with Gasteiger partial charge in [0.1, 0.15) is 0 Å². The average Bonchev–Trinajstić information content (AvgIpc) is 2.31. The zero-order chi connectivity index (χ0) is 10.7. The van der Waals surface area contributed by atoms with Gasteiger partial charge < -0.3 is 15.5 Å². The first-order valence-electron chi connectivity index (χ1n) is 5.30. The maximum Gasteiger partial charge on any atom is 0.252 e. The Morgan fingerprint density at radius 3 is 2.87 bits per heavy atom. The Labute approximate surface area is 88.4 Å². The van der Waals surface area contributed by atoms with Crippen molar-refractivity contribution in [3.05, 3.63) is 33.7 Å². The van der Waals surface area contributed by atoms with Crippen LogP contribution < -0.4 is 11.3 Å². The lowest BCUT2D eigenvalue weighted by atomic mass is 9.92. The van der Waals surface area contributed by atoms with E-state index in [0.29, 0.717) is 18.0 Å². The molecule has 0 aromatic carbocycles. The monoisotopic (exact) mass is 208 g/mol. The molecule has 1 aromatic heterocycles. The molecule has 0 radical (unpaired) electrons. The number of aromatic amines is 1. The van der Waals surface area contributed by atoms with Crippen molar-refractivity contribution in [2.24, 2.45) is 5.73 Å². The van der Waals surface area contributed by atoms with Crippen LogP contribution in [0.2, 0.25) is 0 Å². The molecule has 2 heterocycles. The molecule has 1 aromatic rings. The third kappa shape index (κ3) is 2.27. The Bertz CT molecular complexity index is 380. The van der Waals surface area contributed by atoms with E-state index in [1.54, 1.807) is 6.20 Å². The molecule has 1 saturated heterocycles. The van der Waals surface area contributed by atoms with Gasteiger partial charge >= 0.3 is 0 Å². The molecule has 82 valence electrons. The van der Waals surface area contributed by atoms with E-state index in [9.17, 15) is 4.79 Å². The van der Waals surface area contributed by atoms with E-state index in [-0.39, 0.29) is 5.56 Å². The van der Waals surface area contributed by atoms with Gasteiger partial charge in [0.2, 0.25) is 0 Å². The zero-order valence-corrected chi connectivity index (χ0v) is 8.66. The van der Waals surface area contributed by atoms with Crippen LogP contribution in [0.3, 0.4) is 0 Å². The van der Waals surface area contributed by atoms with Crippen LogP contribution in [-0.4, -0.2) is 18.2 Å². The van der Waals surface area contributed by atoms with Crippen LogP contribution in [0.15, 0.2) is 17.1 Å². The molecule has 4 nitrogen and oxygen atoms in total. The number of ether oxygens (including phenoxy) is 1. The van der Waals surface area contributed by atoms with Crippen LogP contribution in [0.5, 0.6) is 0 Å². The summed E-state index contributed by atoms with van der Waals surface area (Å²) >= 11 is 0. The number of nitrogens with two attached hydrogens (primary N) is 1. The van der Waals surface area contributed by atoms with Crippen molar-refractivity contribution in [1.82, 2.24) is 4.98 Å². The SMILES string of the molecule is NCc1cc(C2CCOCC2)c[nH]c1=O. The number of hydrogen-bond acceptors (Lipinski definition) is 3. The van der Waals surface area contributed by atoms with Gasteiger partial charge in [0.05, 0.1) is 0 Å². The van der Waals surface area contributed by atoms with Crippen molar-refractivity contribution in [2.45, 2.75) is 25.3 Å². The minimum absolute atomic E-state index is 0.0756. The molecule has 3 N–H and O–H groups in total. The van der Waals surface area contributed by atoms with Gasteiger partial charge in [-0.15, -0.1) is 0 Å². The molecule has 0 unspecified atom stereocenters. The highest BCUT2D eigenvalue weighted by Gasteiger charge is 2.16. The van der Waals surface area contributed by atoms with Gasteiger partial charge in [-0.05, 0) is 30.4 Å². The summed E-state index contributed by atoms with van der Waals surface area (Å²) in [7, 11) is 0. The molecule has 0 aliphatic carbocycles. The van der Waals surface area contributed by atoms with E-state index < -0.39 is 0 Å². The van der Waals surface area contributed by atoms with Crippen LogP contribution in [0, 0.1) is 0 Å². The van der Waals surface area contributed by atoms with Crippen molar-refractivity contribution in [3.63, 3.8) is 0 Å². The van der Waals surface area contributed by atoms with E-state index in [4.69, 9.17) is 10.5 Å². The van der Waals surface area contributed by atoms with Gasteiger partial charge in [0.25, 0.3) is 5.56 Å². The number of pyridine rings is 1. The normalized spacial score (nSPS) is 17.9. The number of rotatable bonds is 2. The molecule has 1 aliphatic rings. The highest BCUT2D eigenvalue weighted by atomic mass is 16.5. The third-order valence-electron chi connectivity index (χ3n) is 2.92. The summed E-state index contributed by atoms with van der Waals surface area (Å²) in [6, 6.07) is 1.93. The highest BCUT2D eigenvalue weighted by Crippen LogP contribution is 2.25. The zero-order valence-electron chi connectivity index (χ0n) is 8.66. The first-order chi connectivity index (χ1) is 7.31. The molecule has 0 bridgehead atoms. The number of hydrogen-bond donors (Lipinski definition) is 2. The lowest BCUT2D eigenvalue weighted by Gasteiger charge is -2.22. The fourth-order valence-electron chi connectivity index (χ4n) is 1.97. The molecule has 15 heavy (non-hydrogen) atoms. The van der Waals surface area contributed by atoms with Crippen molar-refractivity contribution in [3.8, 4) is 0 Å². The predicted octanol–water partition coefficient (Wildman–Crippen LogP) is 0.728. The van der Waals surface area contributed by atoms with Gasteiger partial charge in [0.15, 0.2) is 0 Å². The summed E-state index contributed by atoms with van der Waals surface area (Å²) in [6.45, 7) is 1.91. The lowest BCUT2D eigenvalue weighted by Crippen LogP contribution is -2.19. The summed E-state index contributed by atoms with van der Waals surface area (Å²) < 4.78 is 5.30. The molecular formula is C11H16N2O2. The van der Waals surface area contributed by atoms with Gasteiger partial charge in [0, 0.05) is 31.5 Å². The standard InChI is InChI=1S/C11H16N2O2/c12-6-9-5-10(7-13-11(9)14)8-1-3-15-4-2-8/h5,7-8H,1-4,6,12H2,(H,13,14). The van der Waals surface area contributed by atoms with E-state index in [1.807, 2.05) is 6.07 Å². The summed E-state index contributed by atoms with van der Waals surface area (Å²) in [5.74, 6) is 0.501. The fraction of sp³-hybridized carbons (Fsp3) is 0.545. The Balaban J connectivity index is 2.23. The molecule has 0 amide bonds. The van der Waals surface area contributed by atoms with Crippen molar-refractivity contribution in [2.75, 3.05) is 13.2 Å². The second kappa shape index (κ2) is 4.59. The van der Waals surface area contributed by atoms with E-state index >= 15 is 0 Å². The fourth-order valence-corrected chi connectivity index (χ4v) is 1.97. The average molecular weight is 208 g/mol. The van der Waals surface area contributed by atoms with Crippen molar-refractivity contribution < 1.29 is 4.74 Å². The first-order valence-corrected chi connectivity index (χ1v) is 5.30. The second-order valence-electron chi connectivity index (χ2n) is 3.88. The minimum Gasteiger partial charge on any atom is -0.381 e. The maximum atomic E-state index is 11.3. The molecular weight excluding hydrogens is 192 g/mol. The first kappa shape index (κ1) is 10.4. The molecule has 1 aliphatic heterocycles. The van der Waals surface area contributed by atoms with Gasteiger partial charge in [-0.2, -0.15) is 0 Å². The largest absolute Gasteiger partial charge is 0.381 e. The summed E-state index contributed by atoms with van der Waals surface area (Å²) in [5.41, 5.74) is 7.27. The Morgan fingerprint density at radius 2 is 2.20 bits per heavy atom. The molecule has 0 spiro atoms. The molecule has 2 rings (SSSR count). The molecule has 1 fully saturated rings. The van der Waals surface area contributed by atoms with Gasteiger partial charge in [-0.25, -0.2) is 0 Å². The Kier molecular flexibility index (Phi) is 3.18. The molecule has 4 heteroatoms. The van der Waals surface area contributed by atoms with Crippen LogP contribution in [0.4, 0.5) is 0 Å². The molecule has 0 saturated carbocycles. The summed E-state index contributed by atoms with van der Waals surface area (Å²) in [5, 5.41) is 0. The van der Waals surface area contributed by atoms with Crippen molar-refractivity contribution in [1.29, 1.82) is 0 Å². The van der Waals surface area contributed by atoms with Gasteiger partial charge in [-0.3, -0.25) is 4.79 Å². The summed E-state index contributed by atoms with van der Waals surface area (Å²) in [6.07, 6.45) is 3.85. The third-order valence-corrected chi connectivity index (χ3v) is 2.92. The Hall–Kier alpha value is -1.13. The van der Waals surface area contributed by atoms with E-state index in [1.165, 1.54) is 5.56 Å². The van der Waals surface area contributed by atoms with Crippen LogP contribution in [0.1, 0.15) is 29.9 Å². The van der Waals surface area contributed by atoms with Crippen molar-refractivity contribution >= 4 is 0 Å². The minimum atomic E-state index is -0.0756. The summed E-state index contributed by atoms with van der Waals surface area (Å²) in [4.78, 5) is 14.1. The quantitative estimate of drug-likeness (QED) is 0.752. The number of H-pyrrole nitrogens is 1. The highest BCUT2D eigenvalue weighted by molar-refractivity contribution is 5.22. The number of aromatic nitrogens is 1. The van der Waals surface area contributed by atoms with Gasteiger partial charge in [-0.1, -0.05) is 0 Å². The maximum absolute atomic E-state index is 11.3. The second-order valence-corrected chi connectivity index (χ2v) is 3.88. The molecule has 0 atom stereocenters. The van der Waals surface area contributed by atoms with E-state index in [2.05, 4.69) is 4.98 Å².